The molecule has 0 saturated carbocycles. The molecule has 5 nitrogen and oxygen atoms in total. The van der Waals surface area contributed by atoms with Crippen LogP contribution >= 0.6 is 0 Å². The van der Waals surface area contributed by atoms with E-state index in [1.165, 1.54) is 0 Å². The molecule has 0 bridgehead atoms. The van der Waals surface area contributed by atoms with Gasteiger partial charge >= 0.3 is 0 Å². The average molecular weight is 718 g/mol. The summed E-state index contributed by atoms with van der Waals surface area (Å²) in [6, 6.07) is 64.5. The van der Waals surface area contributed by atoms with Crippen LogP contribution in [-0.2, 0) is 0 Å². The first kappa shape index (κ1) is 31.9. The Hall–Kier alpha value is -7.63. The quantitative estimate of drug-likeness (QED) is 0.171. The van der Waals surface area contributed by atoms with Crippen molar-refractivity contribution in [3.63, 3.8) is 0 Å². The minimum Gasteiger partial charge on any atom is -0.456 e. The molecule has 262 valence electrons. The van der Waals surface area contributed by atoms with E-state index in [-0.39, 0.29) is 0 Å². The summed E-state index contributed by atoms with van der Waals surface area (Å²) in [6.45, 7) is 0. The highest BCUT2D eigenvalue weighted by atomic mass is 16.3. The molecule has 11 rings (SSSR count). The number of rotatable bonds is 6. The van der Waals surface area contributed by atoms with E-state index in [4.69, 9.17) is 23.8 Å². The minimum absolute atomic E-state index is 0.576. The molecule has 0 aliphatic heterocycles. The van der Waals surface area contributed by atoms with Crippen molar-refractivity contribution >= 4 is 43.9 Å². The predicted molar refractivity (Wildman–Crippen MR) is 227 cm³/mol. The Morgan fingerprint density at radius 3 is 1.57 bits per heavy atom. The molecule has 0 saturated heterocycles. The number of aromatic nitrogens is 3. The fourth-order valence-electron chi connectivity index (χ4n) is 7.86. The van der Waals surface area contributed by atoms with Crippen molar-refractivity contribution in [1.29, 1.82) is 0 Å². The van der Waals surface area contributed by atoms with Gasteiger partial charge in [0, 0.05) is 49.4 Å². The number of para-hydroxylation sites is 2. The van der Waals surface area contributed by atoms with Gasteiger partial charge in [-0.1, -0.05) is 152 Å². The van der Waals surface area contributed by atoms with Gasteiger partial charge in [-0.3, -0.25) is 0 Å². The largest absolute Gasteiger partial charge is 0.456 e. The Labute approximate surface area is 322 Å². The number of fused-ring (bicyclic) bond motifs is 6. The maximum Gasteiger partial charge on any atom is 0.164 e. The number of nitrogens with zero attached hydrogens (tertiary/aromatic N) is 3. The summed E-state index contributed by atoms with van der Waals surface area (Å²) in [5.74, 6) is 1.79. The second-order valence-corrected chi connectivity index (χ2v) is 13.9. The van der Waals surface area contributed by atoms with Gasteiger partial charge in [-0.25, -0.2) is 15.0 Å². The topological polar surface area (TPSA) is 65.0 Å². The first-order valence-electron chi connectivity index (χ1n) is 18.7. The van der Waals surface area contributed by atoms with Crippen LogP contribution in [0.15, 0.2) is 197 Å². The van der Waals surface area contributed by atoms with Gasteiger partial charge in [0.05, 0.1) is 0 Å². The maximum atomic E-state index is 7.15. The highest BCUT2D eigenvalue weighted by molar-refractivity contribution is 6.18. The van der Waals surface area contributed by atoms with E-state index in [1.807, 2.05) is 84.9 Å². The Morgan fingerprint density at radius 2 is 0.821 bits per heavy atom. The van der Waals surface area contributed by atoms with Crippen molar-refractivity contribution in [1.82, 2.24) is 15.0 Å². The highest BCUT2D eigenvalue weighted by Crippen LogP contribution is 2.45. The van der Waals surface area contributed by atoms with Crippen LogP contribution in [0.4, 0.5) is 0 Å². The molecule has 0 aliphatic rings. The van der Waals surface area contributed by atoms with Gasteiger partial charge in [0.1, 0.15) is 22.3 Å². The van der Waals surface area contributed by atoms with E-state index in [0.29, 0.717) is 17.5 Å². The Balaban J connectivity index is 1.19. The van der Waals surface area contributed by atoms with E-state index in [0.717, 1.165) is 93.9 Å². The second kappa shape index (κ2) is 13.0. The van der Waals surface area contributed by atoms with Gasteiger partial charge in [-0.15, -0.1) is 0 Å². The van der Waals surface area contributed by atoms with Crippen molar-refractivity contribution in [2.75, 3.05) is 0 Å². The fourth-order valence-corrected chi connectivity index (χ4v) is 7.86. The molecule has 0 spiro atoms. The summed E-state index contributed by atoms with van der Waals surface area (Å²) >= 11 is 0. The zero-order valence-electron chi connectivity index (χ0n) is 30.1. The molecule has 0 aliphatic carbocycles. The number of benzene rings is 8. The van der Waals surface area contributed by atoms with Crippen LogP contribution in [0.2, 0.25) is 0 Å². The lowest BCUT2D eigenvalue weighted by atomic mass is 9.94. The van der Waals surface area contributed by atoms with Crippen LogP contribution in [-0.4, -0.2) is 15.0 Å². The summed E-state index contributed by atoms with van der Waals surface area (Å²) < 4.78 is 13.3. The average Bonchev–Trinajstić information content (AvgIpc) is 3.86. The summed E-state index contributed by atoms with van der Waals surface area (Å²) in [5.41, 5.74) is 12.4. The van der Waals surface area contributed by atoms with E-state index < -0.39 is 0 Å². The lowest BCUT2D eigenvalue weighted by molar-refractivity contribution is 0.668. The first-order valence-corrected chi connectivity index (χ1v) is 18.7. The summed E-state index contributed by atoms with van der Waals surface area (Å²) in [6.07, 6.45) is 0. The first-order chi connectivity index (χ1) is 27.7. The van der Waals surface area contributed by atoms with Crippen molar-refractivity contribution in [3.8, 4) is 67.5 Å². The van der Waals surface area contributed by atoms with Gasteiger partial charge < -0.3 is 8.83 Å². The van der Waals surface area contributed by atoms with Gasteiger partial charge in [0.25, 0.3) is 0 Å². The van der Waals surface area contributed by atoms with E-state index in [2.05, 4.69) is 103 Å². The van der Waals surface area contributed by atoms with Crippen molar-refractivity contribution in [2.45, 2.75) is 0 Å². The SMILES string of the molecule is c1ccc(-c2cccc(-c3ccc(-c4nc(-c5ccccc5)nc(-c5ccccc5)n4)c4c3oc3c(-c5ccc6oc7ccccc7c6c5)cccc34)c2)cc1. The van der Waals surface area contributed by atoms with E-state index >= 15 is 0 Å². The van der Waals surface area contributed by atoms with Gasteiger partial charge in [-0.05, 0) is 58.7 Å². The van der Waals surface area contributed by atoms with Crippen LogP contribution in [0.25, 0.3) is 111 Å². The molecule has 0 atom stereocenters. The third-order valence-corrected chi connectivity index (χ3v) is 10.6. The smallest absolute Gasteiger partial charge is 0.164 e. The molecular weight excluding hydrogens is 687 g/mol. The second-order valence-electron chi connectivity index (χ2n) is 13.9. The monoisotopic (exact) mass is 717 g/mol. The molecule has 8 aromatic carbocycles. The molecule has 56 heavy (non-hydrogen) atoms. The van der Waals surface area contributed by atoms with Crippen molar-refractivity contribution < 1.29 is 8.83 Å². The molecular formula is C51H31N3O2. The van der Waals surface area contributed by atoms with Crippen LogP contribution < -0.4 is 0 Å². The number of furan rings is 2. The molecule has 0 amide bonds. The summed E-state index contributed by atoms with van der Waals surface area (Å²) in [4.78, 5) is 15.3. The Bertz CT molecular complexity index is 3180. The minimum atomic E-state index is 0.576. The standard InChI is InChI=1S/C51H31N3O2/c1-4-14-32(15-5-1)35-20-12-21-36(30-35)39-27-28-42(51-53-49(33-16-6-2-7-17-33)52-50(54-51)34-18-8-3-9-19-34)46-41-24-13-23-38(47(41)56-48(39)46)37-26-29-45-43(31-37)40-22-10-11-25-44(40)55-45/h1-31H. The zero-order chi connectivity index (χ0) is 37.0. The lowest BCUT2D eigenvalue weighted by Gasteiger charge is -2.11. The van der Waals surface area contributed by atoms with Crippen LogP contribution in [0.3, 0.4) is 0 Å². The molecule has 0 radical (unpaired) electrons. The number of hydrogen-bond donors (Lipinski definition) is 0. The molecule has 0 N–H and O–H groups in total. The predicted octanol–water partition coefficient (Wildman–Crippen LogP) is 13.7. The van der Waals surface area contributed by atoms with Crippen molar-refractivity contribution in [3.05, 3.63) is 188 Å². The van der Waals surface area contributed by atoms with E-state index in [1.54, 1.807) is 0 Å². The molecule has 11 aromatic rings. The molecule has 5 heteroatoms. The van der Waals surface area contributed by atoms with E-state index in [9.17, 15) is 0 Å². The van der Waals surface area contributed by atoms with Crippen molar-refractivity contribution in [2.24, 2.45) is 0 Å². The third kappa shape index (κ3) is 5.37. The molecule has 0 fully saturated rings. The van der Waals surface area contributed by atoms with Gasteiger partial charge in [0.15, 0.2) is 17.5 Å². The normalized spacial score (nSPS) is 11.6. The lowest BCUT2D eigenvalue weighted by Crippen LogP contribution is -2.00. The molecule has 3 aromatic heterocycles. The summed E-state index contributed by atoms with van der Waals surface area (Å²) in [7, 11) is 0. The zero-order valence-corrected chi connectivity index (χ0v) is 30.1. The van der Waals surface area contributed by atoms with Crippen LogP contribution in [0, 0.1) is 0 Å². The Morgan fingerprint density at radius 1 is 0.286 bits per heavy atom. The highest BCUT2D eigenvalue weighted by Gasteiger charge is 2.23. The van der Waals surface area contributed by atoms with Crippen LogP contribution in [0.1, 0.15) is 0 Å². The van der Waals surface area contributed by atoms with Crippen LogP contribution in [0.5, 0.6) is 0 Å². The third-order valence-electron chi connectivity index (χ3n) is 10.6. The Kier molecular flexibility index (Phi) is 7.42. The summed E-state index contributed by atoms with van der Waals surface area (Å²) in [5, 5.41) is 4.08. The van der Waals surface area contributed by atoms with Gasteiger partial charge in [0.2, 0.25) is 0 Å². The fraction of sp³-hybridized carbons (Fsp3) is 0. The molecule has 3 heterocycles. The number of hydrogen-bond acceptors (Lipinski definition) is 5. The molecule has 0 unspecified atom stereocenters. The van der Waals surface area contributed by atoms with Gasteiger partial charge in [-0.2, -0.15) is 0 Å². The maximum absolute atomic E-state index is 7.15.